The maximum atomic E-state index is 13.0. The van der Waals surface area contributed by atoms with E-state index in [9.17, 15) is 4.79 Å². The van der Waals surface area contributed by atoms with Gasteiger partial charge in [0.25, 0.3) is 0 Å². The Morgan fingerprint density at radius 3 is 2.32 bits per heavy atom. The second-order valence-corrected chi connectivity index (χ2v) is 7.51. The number of carbonyl (C=O) groups excluding carboxylic acids is 1. The van der Waals surface area contributed by atoms with Gasteiger partial charge in [-0.3, -0.25) is 4.90 Å². The second kappa shape index (κ2) is 9.68. The lowest BCUT2D eigenvalue weighted by atomic mass is 9.98. The van der Waals surface area contributed by atoms with Crippen LogP contribution in [-0.2, 0) is 4.74 Å². The number of aromatic nitrogens is 3. The average molecular weight is 462 g/mol. The van der Waals surface area contributed by atoms with E-state index in [1.54, 1.807) is 4.90 Å². The highest BCUT2D eigenvalue weighted by atomic mass is 35.5. The molecule has 1 fully saturated rings. The topological polar surface area (TPSA) is 83.1 Å². The van der Waals surface area contributed by atoms with Crippen LogP contribution in [0.25, 0.3) is 11.1 Å². The van der Waals surface area contributed by atoms with E-state index < -0.39 is 0 Å². The molecule has 1 amide bonds. The molecule has 1 unspecified atom stereocenters. The predicted molar refractivity (Wildman–Crippen MR) is 123 cm³/mol. The van der Waals surface area contributed by atoms with E-state index in [-0.39, 0.29) is 42.9 Å². The van der Waals surface area contributed by atoms with Crippen LogP contribution in [0.4, 0.5) is 4.79 Å². The van der Waals surface area contributed by atoms with E-state index >= 15 is 0 Å². The number of rotatable bonds is 3. The summed E-state index contributed by atoms with van der Waals surface area (Å²) in [6.07, 6.45) is -0.305. The Morgan fingerprint density at radius 2 is 1.71 bits per heavy atom. The SMILES string of the molecule is Cc1n[nH]nc1C1CNCCN1C(=O)OCC1c2ccccc2-c2ccccc21.Cl.Cl. The molecule has 2 aliphatic rings. The third-order valence-corrected chi connectivity index (χ3v) is 5.89. The molecule has 2 N–H and O–H groups in total. The van der Waals surface area contributed by atoms with Crippen LogP contribution in [0.1, 0.15) is 34.5 Å². The van der Waals surface area contributed by atoms with Gasteiger partial charge in [-0.15, -0.1) is 24.8 Å². The van der Waals surface area contributed by atoms with Gasteiger partial charge in [-0.25, -0.2) is 4.79 Å². The number of ether oxygens (including phenoxy) is 1. The Bertz CT molecular complexity index is 1010. The fraction of sp³-hybridized carbons (Fsp3) is 0.318. The molecule has 1 aromatic heterocycles. The maximum Gasteiger partial charge on any atom is 0.410 e. The van der Waals surface area contributed by atoms with Gasteiger partial charge in [0.1, 0.15) is 12.3 Å². The standard InChI is InChI=1S/C22H23N5O2.2ClH/c1-14-21(25-26-24-14)20-12-23-10-11-27(20)22(28)29-13-19-17-8-4-2-6-15(17)16-7-3-5-9-18(16)19;;/h2-9,19-20,23H,10-13H2,1H3,(H,24,25,26);2*1H. The number of amides is 1. The normalized spacial score (nSPS) is 17.2. The third kappa shape index (κ3) is 4.13. The number of hydrogen-bond donors (Lipinski definition) is 2. The molecule has 5 rings (SSSR count). The number of H-pyrrole nitrogens is 1. The van der Waals surface area contributed by atoms with Crippen LogP contribution in [0.2, 0.25) is 0 Å². The average Bonchev–Trinajstić information content (AvgIpc) is 3.33. The van der Waals surface area contributed by atoms with Crippen LogP contribution in [-0.4, -0.2) is 52.6 Å². The predicted octanol–water partition coefficient (Wildman–Crippen LogP) is 3.85. The minimum Gasteiger partial charge on any atom is -0.448 e. The number of halogens is 2. The highest BCUT2D eigenvalue weighted by molar-refractivity contribution is 5.85. The number of aromatic amines is 1. The third-order valence-electron chi connectivity index (χ3n) is 5.89. The first-order valence-electron chi connectivity index (χ1n) is 9.93. The Kier molecular flexibility index (Phi) is 7.20. The minimum absolute atomic E-state index is 0. The van der Waals surface area contributed by atoms with Crippen molar-refractivity contribution in [2.45, 2.75) is 18.9 Å². The quantitative estimate of drug-likeness (QED) is 0.618. The number of nitrogens with one attached hydrogen (secondary N) is 2. The molecule has 1 atom stereocenters. The summed E-state index contributed by atoms with van der Waals surface area (Å²) in [6.45, 7) is 4.16. The Balaban J connectivity index is 0.00000136. The monoisotopic (exact) mass is 461 g/mol. The van der Waals surface area contributed by atoms with Gasteiger partial charge < -0.3 is 10.1 Å². The minimum atomic E-state index is -0.305. The summed E-state index contributed by atoms with van der Waals surface area (Å²) < 4.78 is 5.85. The molecule has 9 heteroatoms. The lowest BCUT2D eigenvalue weighted by molar-refractivity contribution is 0.0742. The highest BCUT2D eigenvalue weighted by Gasteiger charge is 2.34. The van der Waals surface area contributed by atoms with E-state index in [0.717, 1.165) is 17.9 Å². The zero-order chi connectivity index (χ0) is 19.8. The Labute approximate surface area is 193 Å². The fourth-order valence-electron chi connectivity index (χ4n) is 4.45. The van der Waals surface area contributed by atoms with Crippen molar-refractivity contribution < 1.29 is 9.53 Å². The lowest BCUT2D eigenvalue weighted by Crippen LogP contribution is -2.49. The van der Waals surface area contributed by atoms with Gasteiger partial charge in [0, 0.05) is 25.6 Å². The largest absolute Gasteiger partial charge is 0.448 e. The smallest absolute Gasteiger partial charge is 0.410 e. The molecule has 31 heavy (non-hydrogen) atoms. The van der Waals surface area contributed by atoms with Crippen molar-refractivity contribution in [1.82, 2.24) is 25.6 Å². The lowest BCUT2D eigenvalue weighted by Gasteiger charge is -2.34. The summed E-state index contributed by atoms with van der Waals surface area (Å²) in [5, 5.41) is 14.3. The van der Waals surface area contributed by atoms with E-state index in [1.807, 2.05) is 19.1 Å². The molecule has 2 aromatic carbocycles. The molecule has 1 saturated heterocycles. The molecule has 7 nitrogen and oxygen atoms in total. The fourth-order valence-corrected chi connectivity index (χ4v) is 4.45. The molecule has 0 spiro atoms. The van der Waals surface area contributed by atoms with Crippen LogP contribution in [0.5, 0.6) is 0 Å². The molecule has 0 saturated carbocycles. The molecule has 164 valence electrons. The molecular weight excluding hydrogens is 437 g/mol. The first-order valence-corrected chi connectivity index (χ1v) is 9.93. The summed E-state index contributed by atoms with van der Waals surface area (Å²) in [4.78, 5) is 14.8. The summed E-state index contributed by atoms with van der Waals surface area (Å²) in [5.41, 5.74) is 6.46. The van der Waals surface area contributed by atoms with Crippen LogP contribution in [0.3, 0.4) is 0 Å². The molecule has 3 aromatic rings. The number of nitrogens with zero attached hydrogens (tertiary/aromatic N) is 3. The number of hydrogen-bond acceptors (Lipinski definition) is 5. The van der Waals surface area contributed by atoms with Crippen molar-refractivity contribution in [2.75, 3.05) is 26.2 Å². The van der Waals surface area contributed by atoms with E-state index in [4.69, 9.17) is 4.74 Å². The second-order valence-electron chi connectivity index (χ2n) is 7.51. The van der Waals surface area contributed by atoms with Gasteiger partial charge in [0.2, 0.25) is 0 Å². The first-order chi connectivity index (χ1) is 14.2. The van der Waals surface area contributed by atoms with Gasteiger partial charge in [0.15, 0.2) is 0 Å². The van der Waals surface area contributed by atoms with Crippen LogP contribution in [0, 0.1) is 6.92 Å². The Hall–Kier alpha value is -2.61. The van der Waals surface area contributed by atoms with Gasteiger partial charge in [-0.1, -0.05) is 48.5 Å². The van der Waals surface area contributed by atoms with E-state index in [0.29, 0.717) is 19.7 Å². The molecule has 1 aliphatic carbocycles. The molecule has 0 radical (unpaired) electrons. The van der Waals surface area contributed by atoms with Crippen molar-refractivity contribution in [3.63, 3.8) is 0 Å². The Morgan fingerprint density at radius 1 is 1.06 bits per heavy atom. The maximum absolute atomic E-state index is 13.0. The summed E-state index contributed by atoms with van der Waals surface area (Å²) >= 11 is 0. The highest BCUT2D eigenvalue weighted by Crippen LogP contribution is 2.44. The van der Waals surface area contributed by atoms with Gasteiger partial charge in [-0.2, -0.15) is 15.4 Å². The summed E-state index contributed by atoms with van der Waals surface area (Å²) in [5.74, 6) is 0.0569. The van der Waals surface area contributed by atoms with Gasteiger partial charge >= 0.3 is 6.09 Å². The van der Waals surface area contributed by atoms with Gasteiger partial charge in [0.05, 0.1) is 11.7 Å². The first kappa shape index (κ1) is 23.1. The molecule has 1 aliphatic heterocycles. The van der Waals surface area contributed by atoms with Crippen LogP contribution >= 0.6 is 24.8 Å². The van der Waals surface area contributed by atoms with Crippen LogP contribution < -0.4 is 5.32 Å². The summed E-state index contributed by atoms with van der Waals surface area (Å²) in [6, 6.07) is 16.5. The van der Waals surface area contributed by atoms with Crippen molar-refractivity contribution in [3.05, 3.63) is 71.0 Å². The van der Waals surface area contributed by atoms with Crippen LogP contribution in [0.15, 0.2) is 48.5 Å². The van der Waals surface area contributed by atoms with Crippen molar-refractivity contribution >= 4 is 30.9 Å². The number of carbonyl (C=O) groups is 1. The summed E-state index contributed by atoms with van der Waals surface area (Å²) in [7, 11) is 0. The van der Waals surface area contributed by atoms with Gasteiger partial charge in [-0.05, 0) is 29.2 Å². The number of aryl methyl sites for hydroxylation is 1. The molecule has 0 bridgehead atoms. The van der Waals surface area contributed by atoms with E-state index in [1.165, 1.54) is 22.3 Å². The van der Waals surface area contributed by atoms with Crippen molar-refractivity contribution in [2.24, 2.45) is 0 Å². The molecule has 2 heterocycles. The van der Waals surface area contributed by atoms with Crippen molar-refractivity contribution in [1.29, 1.82) is 0 Å². The number of benzene rings is 2. The van der Waals surface area contributed by atoms with E-state index in [2.05, 4.69) is 57.1 Å². The zero-order valence-electron chi connectivity index (χ0n) is 17.1. The number of fused-ring (bicyclic) bond motifs is 3. The van der Waals surface area contributed by atoms with Crippen molar-refractivity contribution in [3.8, 4) is 11.1 Å². The zero-order valence-corrected chi connectivity index (χ0v) is 18.7. The number of piperazine rings is 1. The molecular formula is C22H25Cl2N5O2.